The molecule has 4 heteroatoms. The average molecular weight is 315 g/mol. The van der Waals surface area contributed by atoms with Crippen LogP contribution in [-0.4, -0.2) is 17.6 Å². The van der Waals surface area contributed by atoms with Gasteiger partial charge in [0.2, 0.25) is 0 Å². The number of hydrogen-bond acceptors (Lipinski definition) is 3. The van der Waals surface area contributed by atoms with E-state index in [2.05, 4.69) is 11.9 Å². The summed E-state index contributed by atoms with van der Waals surface area (Å²) < 4.78 is 5.30. The van der Waals surface area contributed by atoms with Gasteiger partial charge in [-0.1, -0.05) is 39.0 Å². The first-order valence-electron chi connectivity index (χ1n) is 8.42. The van der Waals surface area contributed by atoms with E-state index >= 15 is 0 Å². The Kier molecular flexibility index (Phi) is 6.39. The zero-order valence-corrected chi connectivity index (χ0v) is 14.0. The third-order valence-electron chi connectivity index (χ3n) is 3.93. The zero-order valence-electron chi connectivity index (χ0n) is 14.0. The summed E-state index contributed by atoms with van der Waals surface area (Å²) >= 11 is 0. The summed E-state index contributed by atoms with van der Waals surface area (Å²) in [5.74, 6) is -0.361. The molecule has 4 nitrogen and oxygen atoms in total. The van der Waals surface area contributed by atoms with Gasteiger partial charge in [0.05, 0.1) is 12.2 Å². The molecule has 0 saturated heterocycles. The Morgan fingerprint density at radius 2 is 1.83 bits per heavy atom. The summed E-state index contributed by atoms with van der Waals surface area (Å²) in [6.45, 7) is 4.47. The molecule has 0 aliphatic rings. The topological polar surface area (TPSA) is 59.2 Å². The van der Waals surface area contributed by atoms with Crippen LogP contribution in [0.15, 0.2) is 29.1 Å². The third-order valence-corrected chi connectivity index (χ3v) is 3.93. The van der Waals surface area contributed by atoms with Crippen LogP contribution in [0.1, 0.15) is 61.5 Å². The second-order valence-corrected chi connectivity index (χ2v) is 5.98. The number of fused-ring (bicyclic) bond motifs is 1. The van der Waals surface area contributed by atoms with Gasteiger partial charge in [-0.3, -0.25) is 4.79 Å². The Balaban J connectivity index is 1.90. The van der Waals surface area contributed by atoms with Gasteiger partial charge in [0.25, 0.3) is 0 Å². The number of H-pyrrole nitrogens is 1. The number of aromatic amines is 1. The number of pyridine rings is 1. The molecule has 1 N–H and O–H groups in total. The van der Waals surface area contributed by atoms with Crippen LogP contribution >= 0.6 is 0 Å². The summed E-state index contributed by atoms with van der Waals surface area (Å²) in [5, 5.41) is 0.518. The molecule has 0 saturated carbocycles. The average Bonchev–Trinajstić information content (AvgIpc) is 2.53. The number of aryl methyl sites for hydroxylation is 1. The number of unbranched alkanes of at least 4 members (excludes halogenated alkanes) is 5. The Labute approximate surface area is 136 Å². The fraction of sp³-hybridized carbons (Fsp3) is 0.474. The van der Waals surface area contributed by atoms with Crippen LogP contribution in [0.2, 0.25) is 0 Å². The molecule has 0 spiro atoms. The smallest absolute Gasteiger partial charge is 0.338 e. The van der Waals surface area contributed by atoms with Crippen LogP contribution in [0.5, 0.6) is 0 Å². The number of hydrogen-bond donors (Lipinski definition) is 1. The minimum absolute atomic E-state index is 0.0816. The van der Waals surface area contributed by atoms with Gasteiger partial charge in [-0.15, -0.1) is 0 Å². The van der Waals surface area contributed by atoms with Gasteiger partial charge in [0, 0.05) is 22.7 Å². The van der Waals surface area contributed by atoms with E-state index in [-0.39, 0.29) is 11.4 Å². The summed E-state index contributed by atoms with van der Waals surface area (Å²) in [6.07, 6.45) is 6.92. The van der Waals surface area contributed by atoms with Crippen LogP contribution in [0.4, 0.5) is 0 Å². The Bertz CT molecular complexity index is 718. The first-order chi connectivity index (χ1) is 11.1. The van der Waals surface area contributed by atoms with Gasteiger partial charge in [-0.2, -0.15) is 0 Å². The van der Waals surface area contributed by atoms with Crippen molar-refractivity contribution in [3.8, 4) is 0 Å². The first kappa shape index (κ1) is 17.3. The largest absolute Gasteiger partial charge is 0.462 e. The Hall–Kier alpha value is -2.10. The summed E-state index contributed by atoms with van der Waals surface area (Å²) in [4.78, 5) is 27.2. The molecule has 124 valence electrons. The van der Waals surface area contributed by atoms with Crippen molar-refractivity contribution in [3.05, 3.63) is 45.7 Å². The van der Waals surface area contributed by atoms with Crippen molar-refractivity contribution in [2.45, 2.75) is 52.4 Å². The summed E-state index contributed by atoms with van der Waals surface area (Å²) in [7, 11) is 0. The molecule has 0 radical (unpaired) electrons. The fourth-order valence-electron chi connectivity index (χ4n) is 2.64. The van der Waals surface area contributed by atoms with E-state index in [1.807, 2.05) is 6.92 Å². The van der Waals surface area contributed by atoms with E-state index in [4.69, 9.17) is 4.74 Å². The van der Waals surface area contributed by atoms with Crippen molar-refractivity contribution < 1.29 is 9.53 Å². The molecule has 2 rings (SSSR count). The van der Waals surface area contributed by atoms with Crippen molar-refractivity contribution >= 4 is 16.9 Å². The lowest BCUT2D eigenvalue weighted by atomic mass is 10.1. The molecule has 0 amide bonds. The van der Waals surface area contributed by atoms with E-state index < -0.39 is 0 Å². The van der Waals surface area contributed by atoms with Gasteiger partial charge < -0.3 is 9.72 Å². The quantitative estimate of drug-likeness (QED) is 0.582. The minimum atomic E-state index is -0.361. The van der Waals surface area contributed by atoms with E-state index in [0.29, 0.717) is 17.6 Å². The fourth-order valence-corrected chi connectivity index (χ4v) is 2.64. The molecule has 1 aromatic heterocycles. The number of ether oxygens (including phenoxy) is 1. The first-order valence-corrected chi connectivity index (χ1v) is 8.42. The molecule has 0 bridgehead atoms. The minimum Gasteiger partial charge on any atom is -0.462 e. The maximum absolute atomic E-state index is 12.1. The molecule has 0 unspecified atom stereocenters. The monoisotopic (exact) mass is 315 g/mol. The van der Waals surface area contributed by atoms with Gasteiger partial charge in [0.1, 0.15) is 0 Å². The highest BCUT2D eigenvalue weighted by Gasteiger charge is 2.09. The number of aromatic nitrogens is 1. The lowest BCUT2D eigenvalue weighted by Crippen LogP contribution is -2.09. The summed E-state index contributed by atoms with van der Waals surface area (Å²) in [5.41, 5.74) is 1.89. The number of carbonyl (C=O) groups is 1. The van der Waals surface area contributed by atoms with Gasteiger partial charge in [-0.25, -0.2) is 4.79 Å². The molecular formula is C19H25NO3. The number of rotatable bonds is 8. The third kappa shape index (κ3) is 4.95. The van der Waals surface area contributed by atoms with Crippen molar-refractivity contribution in [1.29, 1.82) is 0 Å². The lowest BCUT2D eigenvalue weighted by molar-refractivity contribution is 0.0498. The highest BCUT2D eigenvalue weighted by Crippen LogP contribution is 2.13. The number of esters is 1. The maximum Gasteiger partial charge on any atom is 0.338 e. The van der Waals surface area contributed by atoms with Crippen LogP contribution in [-0.2, 0) is 4.74 Å². The maximum atomic E-state index is 12.1. The van der Waals surface area contributed by atoms with E-state index in [0.717, 1.165) is 24.1 Å². The van der Waals surface area contributed by atoms with Crippen molar-refractivity contribution in [3.63, 3.8) is 0 Å². The molecule has 1 aromatic carbocycles. The van der Waals surface area contributed by atoms with Gasteiger partial charge in [0.15, 0.2) is 5.43 Å². The number of carbonyl (C=O) groups excluding carboxylic acids is 1. The molecule has 0 aliphatic carbocycles. The normalized spacial score (nSPS) is 10.9. The highest BCUT2D eigenvalue weighted by atomic mass is 16.5. The SMILES string of the molecule is CCCCCCCCOC(=O)c1ccc2[nH]c(C)cc(=O)c2c1. The summed E-state index contributed by atoms with van der Waals surface area (Å²) in [6, 6.07) is 6.59. The van der Waals surface area contributed by atoms with Crippen molar-refractivity contribution in [2.75, 3.05) is 6.61 Å². The molecule has 0 aliphatic heterocycles. The van der Waals surface area contributed by atoms with Crippen LogP contribution in [0, 0.1) is 6.92 Å². The highest BCUT2D eigenvalue weighted by molar-refractivity contribution is 5.94. The van der Waals surface area contributed by atoms with E-state index in [9.17, 15) is 9.59 Å². The molecule has 23 heavy (non-hydrogen) atoms. The molecule has 2 aromatic rings. The van der Waals surface area contributed by atoms with E-state index in [1.165, 1.54) is 31.7 Å². The predicted octanol–water partition coefficient (Wildman–Crippen LogP) is 4.35. The second kappa shape index (κ2) is 8.51. The van der Waals surface area contributed by atoms with Gasteiger partial charge >= 0.3 is 5.97 Å². The number of nitrogens with one attached hydrogen (secondary N) is 1. The molecule has 0 fully saturated rings. The van der Waals surface area contributed by atoms with Crippen molar-refractivity contribution in [1.82, 2.24) is 4.98 Å². The lowest BCUT2D eigenvalue weighted by Gasteiger charge is -2.06. The molecule has 1 heterocycles. The Morgan fingerprint density at radius 3 is 2.61 bits per heavy atom. The zero-order chi connectivity index (χ0) is 16.7. The van der Waals surface area contributed by atoms with Gasteiger partial charge in [-0.05, 0) is 31.5 Å². The van der Waals surface area contributed by atoms with Crippen LogP contribution in [0.3, 0.4) is 0 Å². The molecular weight excluding hydrogens is 290 g/mol. The number of benzene rings is 1. The second-order valence-electron chi connectivity index (χ2n) is 5.98. The molecule has 0 atom stereocenters. The predicted molar refractivity (Wildman–Crippen MR) is 93.0 cm³/mol. The van der Waals surface area contributed by atoms with E-state index in [1.54, 1.807) is 18.2 Å². The van der Waals surface area contributed by atoms with Crippen molar-refractivity contribution in [2.24, 2.45) is 0 Å². The van der Waals surface area contributed by atoms with Crippen LogP contribution in [0.25, 0.3) is 10.9 Å². The Morgan fingerprint density at radius 1 is 1.09 bits per heavy atom. The van der Waals surface area contributed by atoms with Crippen LogP contribution < -0.4 is 5.43 Å². The standard InChI is InChI=1S/C19H25NO3/c1-3-4-5-6-7-8-11-23-19(22)15-9-10-17-16(13-15)18(21)12-14(2)20-17/h9-10,12-13H,3-8,11H2,1-2H3,(H,20,21).